The van der Waals surface area contributed by atoms with E-state index < -0.39 is 0 Å². The number of aryl methyl sites for hydroxylation is 1. The number of carbonyl (C=O) groups is 1. The van der Waals surface area contributed by atoms with E-state index >= 15 is 0 Å². The summed E-state index contributed by atoms with van der Waals surface area (Å²) in [6, 6.07) is 10.6. The van der Waals surface area contributed by atoms with E-state index in [1.807, 2.05) is 0 Å². The number of benzene rings is 1. The zero-order valence-corrected chi connectivity index (χ0v) is 14.7. The van der Waals surface area contributed by atoms with Crippen LogP contribution in [0.25, 0.3) is 0 Å². The van der Waals surface area contributed by atoms with Crippen molar-refractivity contribution in [2.45, 2.75) is 51.1 Å². The number of nitrogens with one attached hydrogen (secondary N) is 1. The predicted molar refractivity (Wildman–Crippen MR) is 95.4 cm³/mol. The fourth-order valence-corrected chi connectivity index (χ4v) is 3.48. The van der Waals surface area contributed by atoms with Gasteiger partial charge in [-0.05, 0) is 43.7 Å². The maximum absolute atomic E-state index is 12.3. The van der Waals surface area contributed by atoms with Gasteiger partial charge in [-0.25, -0.2) is 0 Å². The van der Waals surface area contributed by atoms with E-state index in [9.17, 15) is 4.79 Å². The molecule has 4 rings (SSSR count). The van der Waals surface area contributed by atoms with E-state index in [0.29, 0.717) is 11.6 Å². The van der Waals surface area contributed by atoms with Crippen LogP contribution in [0, 0.1) is 6.92 Å². The van der Waals surface area contributed by atoms with E-state index in [0.717, 1.165) is 51.1 Å². The van der Waals surface area contributed by atoms with Crippen molar-refractivity contribution in [3.05, 3.63) is 52.9 Å². The number of hydrogen-bond acceptors (Lipinski definition) is 4. The zero-order chi connectivity index (χ0) is 17.2. The first-order valence-electron chi connectivity index (χ1n) is 9.23. The number of likely N-dealkylation sites (tertiary alicyclic amines) is 1. The molecule has 1 aliphatic heterocycles. The maximum atomic E-state index is 12.3. The number of carbonyl (C=O) groups excluding carboxylic acids is 1. The number of amides is 1. The number of piperidine rings is 1. The summed E-state index contributed by atoms with van der Waals surface area (Å²) in [4.78, 5) is 14.8. The van der Waals surface area contributed by atoms with Crippen LogP contribution in [0.2, 0.25) is 0 Å². The normalized spacial score (nSPS) is 19.1. The van der Waals surface area contributed by atoms with Gasteiger partial charge in [0.1, 0.15) is 5.76 Å². The number of rotatable bonds is 5. The van der Waals surface area contributed by atoms with Crippen LogP contribution in [0.1, 0.15) is 59.0 Å². The fraction of sp³-hybridized carbons (Fsp3) is 0.500. The molecule has 1 aromatic heterocycles. The van der Waals surface area contributed by atoms with Gasteiger partial charge >= 0.3 is 0 Å². The molecular formula is C20H25N3O2. The molecule has 0 bridgehead atoms. The van der Waals surface area contributed by atoms with Crippen molar-refractivity contribution >= 4 is 5.91 Å². The molecule has 5 nitrogen and oxygen atoms in total. The Labute approximate surface area is 148 Å². The van der Waals surface area contributed by atoms with Crippen LogP contribution in [0.3, 0.4) is 0 Å². The first-order valence-corrected chi connectivity index (χ1v) is 9.23. The van der Waals surface area contributed by atoms with Crippen LogP contribution >= 0.6 is 0 Å². The van der Waals surface area contributed by atoms with Gasteiger partial charge in [0.25, 0.3) is 5.91 Å². The van der Waals surface area contributed by atoms with E-state index in [-0.39, 0.29) is 11.9 Å². The molecule has 2 aliphatic rings. The van der Waals surface area contributed by atoms with Gasteiger partial charge in [-0.15, -0.1) is 0 Å². The zero-order valence-electron chi connectivity index (χ0n) is 14.7. The van der Waals surface area contributed by atoms with Gasteiger partial charge in [-0.2, -0.15) is 0 Å². The van der Waals surface area contributed by atoms with Crippen molar-refractivity contribution in [3.63, 3.8) is 0 Å². The third-order valence-electron chi connectivity index (χ3n) is 5.32. The molecule has 2 fully saturated rings. The van der Waals surface area contributed by atoms with Gasteiger partial charge in [0.15, 0.2) is 5.69 Å². The monoisotopic (exact) mass is 339 g/mol. The van der Waals surface area contributed by atoms with Crippen molar-refractivity contribution in [1.29, 1.82) is 0 Å². The minimum Gasteiger partial charge on any atom is -0.360 e. The molecule has 132 valence electrons. The van der Waals surface area contributed by atoms with Crippen LogP contribution in [-0.2, 0) is 6.54 Å². The second-order valence-electron chi connectivity index (χ2n) is 7.34. The van der Waals surface area contributed by atoms with Crippen LogP contribution in [0.15, 0.2) is 34.9 Å². The lowest BCUT2D eigenvalue weighted by molar-refractivity contribution is 0.0899. The van der Waals surface area contributed by atoms with Gasteiger partial charge in [-0.3, -0.25) is 9.69 Å². The highest BCUT2D eigenvalue weighted by Gasteiger charge is 2.29. The second-order valence-corrected chi connectivity index (χ2v) is 7.34. The minimum absolute atomic E-state index is 0.104. The smallest absolute Gasteiger partial charge is 0.273 e. The van der Waals surface area contributed by atoms with Gasteiger partial charge in [0.05, 0.1) is 0 Å². The summed E-state index contributed by atoms with van der Waals surface area (Å²) < 4.78 is 5.27. The standard InChI is InChI=1S/C20H25N3O2/c1-14-4-2-3-5-16(14)13-23-10-8-17(9-11-23)21-20(24)18-12-19(25-22-18)15-6-7-15/h2-5,12,15,17H,6-11,13H2,1H3,(H,21,24). The third-order valence-corrected chi connectivity index (χ3v) is 5.32. The minimum atomic E-state index is -0.104. The van der Waals surface area contributed by atoms with E-state index in [2.05, 4.69) is 46.6 Å². The van der Waals surface area contributed by atoms with Crippen molar-refractivity contribution in [2.24, 2.45) is 0 Å². The summed E-state index contributed by atoms with van der Waals surface area (Å²) in [6.07, 6.45) is 4.25. The summed E-state index contributed by atoms with van der Waals surface area (Å²) in [5.41, 5.74) is 3.15. The van der Waals surface area contributed by atoms with Crippen molar-refractivity contribution in [1.82, 2.24) is 15.4 Å². The van der Waals surface area contributed by atoms with Crippen LogP contribution in [-0.4, -0.2) is 35.1 Å². The Bertz CT molecular complexity index is 743. The third kappa shape index (κ3) is 3.93. The highest BCUT2D eigenvalue weighted by Crippen LogP contribution is 2.40. The molecule has 1 saturated carbocycles. The molecule has 5 heteroatoms. The molecule has 0 radical (unpaired) electrons. The Morgan fingerprint density at radius 2 is 2.00 bits per heavy atom. The molecule has 0 unspecified atom stereocenters. The van der Waals surface area contributed by atoms with Gasteiger partial charge < -0.3 is 9.84 Å². The molecule has 25 heavy (non-hydrogen) atoms. The van der Waals surface area contributed by atoms with E-state index in [4.69, 9.17) is 4.52 Å². The Morgan fingerprint density at radius 3 is 2.72 bits per heavy atom. The topological polar surface area (TPSA) is 58.4 Å². The summed E-state index contributed by atoms with van der Waals surface area (Å²) in [6.45, 7) is 5.16. The van der Waals surface area contributed by atoms with Gasteiger partial charge in [-0.1, -0.05) is 29.4 Å². The summed E-state index contributed by atoms with van der Waals surface area (Å²) in [7, 11) is 0. The largest absolute Gasteiger partial charge is 0.360 e. The van der Waals surface area contributed by atoms with Gasteiger partial charge in [0, 0.05) is 37.7 Å². The highest BCUT2D eigenvalue weighted by atomic mass is 16.5. The number of aromatic nitrogens is 1. The first-order chi connectivity index (χ1) is 12.2. The summed E-state index contributed by atoms with van der Waals surface area (Å²) in [5.74, 6) is 1.24. The van der Waals surface area contributed by atoms with E-state index in [1.54, 1.807) is 6.07 Å². The second kappa shape index (κ2) is 7.00. The van der Waals surface area contributed by atoms with Crippen molar-refractivity contribution < 1.29 is 9.32 Å². The molecule has 0 spiro atoms. The van der Waals surface area contributed by atoms with Crippen LogP contribution in [0.4, 0.5) is 0 Å². The summed E-state index contributed by atoms with van der Waals surface area (Å²) >= 11 is 0. The van der Waals surface area contributed by atoms with Crippen LogP contribution in [0.5, 0.6) is 0 Å². The number of hydrogen-bond donors (Lipinski definition) is 1. The lowest BCUT2D eigenvalue weighted by atomic mass is 10.0. The first kappa shape index (κ1) is 16.3. The molecule has 1 amide bonds. The number of nitrogens with zero attached hydrogens (tertiary/aromatic N) is 2. The Kier molecular flexibility index (Phi) is 4.57. The van der Waals surface area contributed by atoms with Gasteiger partial charge in [0.2, 0.25) is 0 Å². The predicted octanol–water partition coefficient (Wildman–Crippen LogP) is 3.25. The molecule has 2 aromatic rings. The van der Waals surface area contributed by atoms with E-state index in [1.165, 1.54) is 11.1 Å². The Morgan fingerprint density at radius 1 is 1.24 bits per heavy atom. The Hall–Kier alpha value is -2.14. The highest BCUT2D eigenvalue weighted by molar-refractivity contribution is 5.92. The molecule has 1 aliphatic carbocycles. The average Bonchev–Trinajstić information content (AvgIpc) is 3.35. The molecule has 1 N–H and O–H groups in total. The molecule has 0 atom stereocenters. The molecular weight excluding hydrogens is 314 g/mol. The molecule has 2 heterocycles. The Balaban J connectivity index is 1.26. The fourth-order valence-electron chi connectivity index (χ4n) is 3.48. The molecule has 1 aromatic carbocycles. The quantitative estimate of drug-likeness (QED) is 0.908. The maximum Gasteiger partial charge on any atom is 0.273 e. The van der Waals surface area contributed by atoms with Crippen molar-refractivity contribution in [3.8, 4) is 0 Å². The lowest BCUT2D eigenvalue weighted by Crippen LogP contribution is -2.44. The SMILES string of the molecule is Cc1ccccc1CN1CCC(NC(=O)c2cc(C3CC3)on2)CC1. The average molecular weight is 339 g/mol. The van der Waals surface area contributed by atoms with Crippen LogP contribution < -0.4 is 5.32 Å². The lowest BCUT2D eigenvalue weighted by Gasteiger charge is -2.32. The molecule has 1 saturated heterocycles. The van der Waals surface area contributed by atoms with Crippen molar-refractivity contribution in [2.75, 3.05) is 13.1 Å². The summed E-state index contributed by atoms with van der Waals surface area (Å²) in [5, 5.41) is 7.04.